The average molecular weight is 265 g/mol. The first-order chi connectivity index (χ1) is 9.06. The molecule has 1 rings (SSSR count). The van der Waals surface area contributed by atoms with Crippen molar-refractivity contribution >= 4 is 11.9 Å². The molecule has 1 aromatic rings. The SMILES string of the molecule is CCN(CC(=O)O)C(=O)CCc1cccc(OC)c1. The minimum Gasteiger partial charge on any atom is -0.497 e. The van der Waals surface area contributed by atoms with Gasteiger partial charge in [0.15, 0.2) is 0 Å². The summed E-state index contributed by atoms with van der Waals surface area (Å²) in [6.07, 6.45) is 0.875. The van der Waals surface area contributed by atoms with Crippen molar-refractivity contribution in [3.8, 4) is 5.75 Å². The molecule has 0 aromatic heterocycles. The van der Waals surface area contributed by atoms with Crippen LogP contribution >= 0.6 is 0 Å². The van der Waals surface area contributed by atoms with Gasteiger partial charge in [-0.2, -0.15) is 0 Å². The van der Waals surface area contributed by atoms with Gasteiger partial charge < -0.3 is 14.7 Å². The third kappa shape index (κ3) is 4.99. The van der Waals surface area contributed by atoms with E-state index < -0.39 is 5.97 Å². The van der Waals surface area contributed by atoms with Crippen LogP contribution < -0.4 is 4.74 Å². The maximum absolute atomic E-state index is 11.9. The maximum atomic E-state index is 11.9. The molecular weight excluding hydrogens is 246 g/mol. The second-order valence-electron chi connectivity index (χ2n) is 4.15. The molecule has 0 heterocycles. The Morgan fingerprint density at radius 3 is 2.68 bits per heavy atom. The van der Waals surface area contributed by atoms with Crippen LogP contribution in [-0.4, -0.2) is 42.1 Å². The first kappa shape index (κ1) is 15.0. The lowest BCUT2D eigenvalue weighted by Crippen LogP contribution is -2.35. The molecule has 0 saturated heterocycles. The van der Waals surface area contributed by atoms with Gasteiger partial charge in [-0.15, -0.1) is 0 Å². The fourth-order valence-electron chi connectivity index (χ4n) is 1.78. The second-order valence-corrected chi connectivity index (χ2v) is 4.15. The number of rotatable bonds is 7. The predicted molar refractivity (Wildman–Crippen MR) is 71.2 cm³/mol. The van der Waals surface area contributed by atoms with Gasteiger partial charge in [0.05, 0.1) is 7.11 Å². The molecule has 0 bridgehead atoms. The second kappa shape index (κ2) is 7.41. The van der Waals surface area contributed by atoms with Crippen LogP contribution in [0.15, 0.2) is 24.3 Å². The van der Waals surface area contributed by atoms with E-state index in [1.165, 1.54) is 4.90 Å². The number of amides is 1. The van der Waals surface area contributed by atoms with Crippen molar-refractivity contribution in [2.24, 2.45) is 0 Å². The fourth-order valence-corrected chi connectivity index (χ4v) is 1.78. The molecule has 0 aliphatic rings. The Morgan fingerprint density at radius 1 is 1.37 bits per heavy atom. The van der Waals surface area contributed by atoms with Gasteiger partial charge in [0.25, 0.3) is 0 Å². The van der Waals surface area contributed by atoms with Crippen molar-refractivity contribution in [1.82, 2.24) is 4.90 Å². The highest BCUT2D eigenvalue weighted by atomic mass is 16.5. The summed E-state index contributed by atoms with van der Waals surface area (Å²) >= 11 is 0. The zero-order valence-corrected chi connectivity index (χ0v) is 11.3. The lowest BCUT2D eigenvalue weighted by atomic mass is 10.1. The molecule has 104 valence electrons. The summed E-state index contributed by atoms with van der Waals surface area (Å²) in [6.45, 7) is 1.93. The van der Waals surface area contributed by atoms with Gasteiger partial charge in [-0.3, -0.25) is 9.59 Å². The Balaban J connectivity index is 2.54. The number of hydrogen-bond donors (Lipinski definition) is 1. The van der Waals surface area contributed by atoms with E-state index in [1.807, 2.05) is 24.3 Å². The van der Waals surface area contributed by atoms with E-state index in [4.69, 9.17) is 9.84 Å². The Labute approximate surface area is 112 Å². The molecule has 1 amide bonds. The topological polar surface area (TPSA) is 66.8 Å². The molecule has 1 N–H and O–H groups in total. The van der Waals surface area contributed by atoms with E-state index in [0.29, 0.717) is 19.4 Å². The summed E-state index contributed by atoms with van der Waals surface area (Å²) in [6, 6.07) is 7.51. The fraction of sp³-hybridized carbons (Fsp3) is 0.429. The molecule has 0 spiro atoms. The number of methoxy groups -OCH3 is 1. The largest absolute Gasteiger partial charge is 0.497 e. The van der Waals surface area contributed by atoms with Crippen molar-refractivity contribution in [1.29, 1.82) is 0 Å². The van der Waals surface area contributed by atoms with Crippen LogP contribution in [0.4, 0.5) is 0 Å². The smallest absolute Gasteiger partial charge is 0.323 e. The summed E-state index contributed by atoms with van der Waals surface area (Å²) in [7, 11) is 1.59. The van der Waals surface area contributed by atoms with Crippen molar-refractivity contribution in [3.05, 3.63) is 29.8 Å². The number of likely N-dealkylation sites (N-methyl/N-ethyl adjacent to an activating group) is 1. The molecule has 0 atom stereocenters. The zero-order valence-electron chi connectivity index (χ0n) is 11.3. The van der Waals surface area contributed by atoms with E-state index in [0.717, 1.165) is 11.3 Å². The molecule has 5 heteroatoms. The molecule has 19 heavy (non-hydrogen) atoms. The minimum absolute atomic E-state index is 0.146. The lowest BCUT2D eigenvalue weighted by Gasteiger charge is -2.18. The number of carboxylic acids is 1. The lowest BCUT2D eigenvalue weighted by molar-refractivity contribution is -0.144. The molecule has 1 aromatic carbocycles. The zero-order chi connectivity index (χ0) is 14.3. The molecule has 0 radical (unpaired) electrons. The van der Waals surface area contributed by atoms with Crippen LogP contribution in [0.25, 0.3) is 0 Å². The normalized spacial score (nSPS) is 10.0. The number of carbonyl (C=O) groups excluding carboxylic acids is 1. The highest BCUT2D eigenvalue weighted by Gasteiger charge is 2.14. The van der Waals surface area contributed by atoms with E-state index in [-0.39, 0.29) is 12.5 Å². The first-order valence-electron chi connectivity index (χ1n) is 6.19. The Bertz CT molecular complexity index is 445. The average Bonchev–Trinajstić information content (AvgIpc) is 2.42. The third-order valence-corrected chi connectivity index (χ3v) is 2.82. The predicted octanol–water partition coefficient (Wildman–Crippen LogP) is 1.56. The van der Waals surface area contributed by atoms with Crippen LogP contribution in [0.3, 0.4) is 0 Å². The minimum atomic E-state index is -0.989. The Kier molecular flexibility index (Phi) is 5.85. The third-order valence-electron chi connectivity index (χ3n) is 2.82. The highest BCUT2D eigenvalue weighted by molar-refractivity contribution is 5.81. The van der Waals surface area contributed by atoms with E-state index in [2.05, 4.69) is 0 Å². The van der Waals surface area contributed by atoms with Gasteiger partial charge in [-0.25, -0.2) is 0 Å². The molecule has 0 fully saturated rings. The van der Waals surface area contributed by atoms with Crippen LogP contribution in [-0.2, 0) is 16.0 Å². The van der Waals surface area contributed by atoms with E-state index in [9.17, 15) is 9.59 Å². The van der Waals surface area contributed by atoms with Gasteiger partial charge in [0.1, 0.15) is 12.3 Å². The number of nitrogens with zero attached hydrogens (tertiary/aromatic N) is 1. The molecule has 0 aliphatic heterocycles. The monoisotopic (exact) mass is 265 g/mol. The summed E-state index contributed by atoms with van der Waals surface area (Å²) in [5.74, 6) is -0.382. The summed E-state index contributed by atoms with van der Waals surface area (Å²) in [5.41, 5.74) is 0.999. The number of ether oxygens (including phenoxy) is 1. The quantitative estimate of drug-likeness (QED) is 0.812. The maximum Gasteiger partial charge on any atom is 0.323 e. The number of hydrogen-bond acceptors (Lipinski definition) is 3. The van der Waals surface area contributed by atoms with Crippen LogP contribution in [0.1, 0.15) is 18.9 Å². The molecule has 5 nitrogen and oxygen atoms in total. The van der Waals surface area contributed by atoms with Gasteiger partial charge in [-0.05, 0) is 31.0 Å². The van der Waals surface area contributed by atoms with Crippen LogP contribution in [0, 0.1) is 0 Å². The van der Waals surface area contributed by atoms with Crippen LogP contribution in [0.5, 0.6) is 5.75 Å². The van der Waals surface area contributed by atoms with Gasteiger partial charge in [0.2, 0.25) is 5.91 Å². The van der Waals surface area contributed by atoms with Gasteiger partial charge >= 0.3 is 5.97 Å². The number of aliphatic carboxylic acids is 1. The first-order valence-corrected chi connectivity index (χ1v) is 6.19. The van der Waals surface area contributed by atoms with Crippen molar-refractivity contribution in [2.45, 2.75) is 19.8 Å². The standard InChI is InChI=1S/C14H19NO4/c1-3-15(10-14(17)18)13(16)8-7-11-5-4-6-12(9-11)19-2/h4-6,9H,3,7-8,10H2,1-2H3,(H,17,18). The molecular formula is C14H19NO4. The Hall–Kier alpha value is -2.04. The number of benzene rings is 1. The number of aryl methyl sites for hydroxylation is 1. The summed E-state index contributed by atoms with van der Waals surface area (Å²) in [4.78, 5) is 23.8. The summed E-state index contributed by atoms with van der Waals surface area (Å²) < 4.78 is 5.11. The van der Waals surface area contributed by atoms with Crippen molar-refractivity contribution in [3.63, 3.8) is 0 Å². The van der Waals surface area contributed by atoms with Gasteiger partial charge in [-0.1, -0.05) is 12.1 Å². The summed E-state index contributed by atoms with van der Waals surface area (Å²) in [5, 5.41) is 8.71. The number of carbonyl (C=O) groups is 2. The van der Waals surface area contributed by atoms with E-state index >= 15 is 0 Å². The van der Waals surface area contributed by atoms with E-state index in [1.54, 1.807) is 14.0 Å². The van der Waals surface area contributed by atoms with Crippen molar-refractivity contribution in [2.75, 3.05) is 20.2 Å². The Morgan fingerprint density at radius 2 is 2.11 bits per heavy atom. The van der Waals surface area contributed by atoms with Crippen LogP contribution in [0.2, 0.25) is 0 Å². The highest BCUT2D eigenvalue weighted by Crippen LogP contribution is 2.14. The van der Waals surface area contributed by atoms with Crippen molar-refractivity contribution < 1.29 is 19.4 Å². The number of carboxylic acid groups (broad SMARTS) is 1. The molecule has 0 saturated carbocycles. The molecule has 0 unspecified atom stereocenters. The molecule has 0 aliphatic carbocycles. The van der Waals surface area contributed by atoms with Gasteiger partial charge in [0, 0.05) is 13.0 Å².